The summed E-state index contributed by atoms with van der Waals surface area (Å²) < 4.78 is 0. The fourth-order valence-corrected chi connectivity index (χ4v) is 2.62. The van der Waals surface area contributed by atoms with Crippen molar-refractivity contribution in [1.29, 1.82) is 0 Å². The zero-order valence-corrected chi connectivity index (χ0v) is 15.1. The lowest BCUT2D eigenvalue weighted by molar-refractivity contribution is -0.114. The van der Waals surface area contributed by atoms with E-state index in [-0.39, 0.29) is 22.7 Å². The monoisotopic (exact) mass is 334 g/mol. The van der Waals surface area contributed by atoms with Crippen LogP contribution < -0.4 is 0 Å². The molecule has 0 saturated heterocycles. The third-order valence-electron chi connectivity index (χ3n) is 4.20. The fraction of sp³-hybridized carbons (Fsp3) is 0.700. The lowest BCUT2D eigenvalue weighted by Gasteiger charge is -2.03. The molecular weight excluding hydrogens is 304 g/mol. The summed E-state index contributed by atoms with van der Waals surface area (Å²) in [6.07, 6.45) is 12.0. The minimum absolute atomic E-state index is 0.163. The van der Waals surface area contributed by atoms with Gasteiger partial charge in [0.15, 0.2) is 11.6 Å². The molecule has 0 bridgehead atoms. The van der Waals surface area contributed by atoms with Gasteiger partial charge >= 0.3 is 0 Å². The second-order valence-corrected chi connectivity index (χ2v) is 6.31. The Balaban J connectivity index is 3.40. The molecule has 0 saturated carbocycles. The van der Waals surface area contributed by atoms with Crippen LogP contribution in [0.25, 0.3) is 0 Å². The highest BCUT2D eigenvalue weighted by Gasteiger charge is 2.05. The lowest BCUT2D eigenvalue weighted by atomic mass is 10.0. The number of unbranched alkanes of at least 4 members (excludes halogenated alkanes) is 9. The van der Waals surface area contributed by atoms with E-state index in [9.17, 15) is 19.2 Å². The quantitative estimate of drug-likeness (QED) is 0.253. The molecule has 24 heavy (non-hydrogen) atoms. The summed E-state index contributed by atoms with van der Waals surface area (Å²) >= 11 is 0. The third kappa shape index (κ3) is 11.8. The highest BCUT2D eigenvalue weighted by atomic mass is 16.1. The maximum absolute atomic E-state index is 11.0. The average Bonchev–Trinajstić information content (AvgIpc) is 2.54. The van der Waals surface area contributed by atoms with E-state index in [0.717, 1.165) is 38.5 Å². The van der Waals surface area contributed by atoms with E-state index < -0.39 is 0 Å². The van der Waals surface area contributed by atoms with Crippen LogP contribution in [0.5, 0.6) is 0 Å². The first-order valence-electron chi connectivity index (χ1n) is 9.02. The summed E-state index contributed by atoms with van der Waals surface area (Å²) in [4.78, 5) is 43.1. The summed E-state index contributed by atoms with van der Waals surface area (Å²) in [5, 5.41) is 0. The zero-order chi connectivity index (χ0) is 18.2. The summed E-state index contributed by atoms with van der Waals surface area (Å²) in [6, 6.07) is 0. The van der Waals surface area contributed by atoms with Crippen LogP contribution in [0.3, 0.4) is 0 Å². The Morgan fingerprint density at radius 3 is 1.00 bits per heavy atom. The van der Waals surface area contributed by atoms with Gasteiger partial charge in [0.05, 0.1) is 11.1 Å². The summed E-state index contributed by atoms with van der Waals surface area (Å²) in [5.74, 6) is 3.13. The van der Waals surface area contributed by atoms with Crippen LogP contribution in [0.15, 0.2) is 11.1 Å². The number of rotatable bonds is 15. The molecule has 0 aliphatic heterocycles. The van der Waals surface area contributed by atoms with Crippen LogP contribution >= 0.6 is 0 Å². The van der Waals surface area contributed by atoms with E-state index in [2.05, 4.69) is 0 Å². The lowest BCUT2D eigenvalue weighted by Crippen LogP contribution is -1.97. The fourth-order valence-electron chi connectivity index (χ4n) is 2.62. The van der Waals surface area contributed by atoms with Crippen molar-refractivity contribution in [3.63, 3.8) is 0 Å². The number of hydrogen-bond acceptors (Lipinski definition) is 4. The van der Waals surface area contributed by atoms with Crippen LogP contribution in [0.2, 0.25) is 0 Å². The Labute approximate surface area is 145 Å². The van der Waals surface area contributed by atoms with Gasteiger partial charge in [-0.15, -0.1) is 0 Å². The minimum Gasteiger partial charge on any atom is -0.294 e. The molecule has 4 heteroatoms. The van der Waals surface area contributed by atoms with Crippen molar-refractivity contribution >= 4 is 23.4 Å². The zero-order valence-electron chi connectivity index (χ0n) is 15.1. The molecule has 0 aliphatic carbocycles. The number of Topliss-reactive ketones (excluding diaryl/α,β-unsaturated/α-hetero) is 2. The van der Waals surface area contributed by atoms with Gasteiger partial charge in [0.2, 0.25) is 0 Å². The molecule has 0 aliphatic rings. The van der Waals surface area contributed by atoms with Gasteiger partial charge < -0.3 is 0 Å². The maximum Gasteiger partial charge on any atom is 0.166 e. The van der Waals surface area contributed by atoms with E-state index >= 15 is 0 Å². The summed E-state index contributed by atoms with van der Waals surface area (Å²) in [7, 11) is 0. The molecule has 0 radical (unpaired) electrons. The number of allylic oxidation sites excluding steroid dienone is 2. The van der Waals surface area contributed by atoms with E-state index in [4.69, 9.17) is 0 Å². The normalized spacial score (nSPS) is 9.92. The first-order valence-corrected chi connectivity index (χ1v) is 9.02. The smallest absolute Gasteiger partial charge is 0.166 e. The Morgan fingerprint density at radius 1 is 0.542 bits per heavy atom. The Hall–Kier alpha value is -1.76. The molecule has 0 amide bonds. The van der Waals surface area contributed by atoms with E-state index in [1.54, 1.807) is 11.9 Å². The van der Waals surface area contributed by atoms with E-state index in [1.165, 1.54) is 39.5 Å². The topological polar surface area (TPSA) is 68.3 Å². The minimum atomic E-state index is -0.163. The van der Waals surface area contributed by atoms with Gasteiger partial charge in [0.1, 0.15) is 11.9 Å². The summed E-state index contributed by atoms with van der Waals surface area (Å²) in [6.45, 7) is 2.83. The van der Waals surface area contributed by atoms with Gasteiger partial charge in [0, 0.05) is 0 Å². The molecule has 0 N–H and O–H groups in total. The summed E-state index contributed by atoms with van der Waals surface area (Å²) in [5.41, 5.74) is 0.569. The van der Waals surface area contributed by atoms with Crippen molar-refractivity contribution in [3.8, 4) is 0 Å². The maximum atomic E-state index is 11.0. The first-order chi connectivity index (χ1) is 11.5. The predicted molar refractivity (Wildman–Crippen MR) is 95.2 cm³/mol. The van der Waals surface area contributed by atoms with Crippen molar-refractivity contribution < 1.29 is 19.2 Å². The van der Waals surface area contributed by atoms with Gasteiger partial charge in [-0.2, -0.15) is 0 Å². The first kappa shape index (κ1) is 22.2. The molecule has 0 atom stereocenters. The second kappa shape index (κ2) is 14.8. The van der Waals surface area contributed by atoms with Gasteiger partial charge in [-0.1, -0.05) is 51.4 Å². The van der Waals surface area contributed by atoms with Crippen LogP contribution in [0, 0.1) is 0 Å². The molecule has 0 aromatic rings. The van der Waals surface area contributed by atoms with Crippen LogP contribution in [0.1, 0.15) is 90.9 Å². The molecule has 0 aromatic heterocycles. The highest BCUT2D eigenvalue weighted by molar-refractivity contribution is 6.00. The highest BCUT2D eigenvalue weighted by Crippen LogP contribution is 2.14. The van der Waals surface area contributed by atoms with Gasteiger partial charge in [-0.3, -0.25) is 9.59 Å². The Morgan fingerprint density at radius 2 is 0.792 bits per heavy atom. The van der Waals surface area contributed by atoms with Crippen LogP contribution in [-0.2, 0) is 19.2 Å². The van der Waals surface area contributed by atoms with Gasteiger partial charge in [-0.25, -0.2) is 9.59 Å². The molecular formula is C20H30O4. The van der Waals surface area contributed by atoms with E-state index in [0.29, 0.717) is 12.8 Å². The molecule has 0 aromatic carbocycles. The second-order valence-electron chi connectivity index (χ2n) is 6.31. The molecule has 0 rings (SSSR count). The third-order valence-corrected chi connectivity index (χ3v) is 4.20. The standard InChI is InChI=1S/C20H30O4/c1-17(23)19(15-21)13-11-9-7-5-3-4-6-8-10-12-14-20(16-22)18(2)24/h3-14H2,1-2H3. The van der Waals surface area contributed by atoms with Gasteiger partial charge in [-0.05, 0) is 39.5 Å². The van der Waals surface area contributed by atoms with Gasteiger partial charge in [0.25, 0.3) is 0 Å². The Kier molecular flexibility index (Phi) is 13.7. The largest absolute Gasteiger partial charge is 0.294 e. The number of hydrogen-bond donors (Lipinski definition) is 0. The molecule has 0 spiro atoms. The van der Waals surface area contributed by atoms with Crippen LogP contribution in [-0.4, -0.2) is 23.4 Å². The van der Waals surface area contributed by atoms with Crippen LogP contribution in [0.4, 0.5) is 0 Å². The Bertz CT molecular complexity index is 446. The molecule has 134 valence electrons. The number of carbonyl (C=O) groups excluding carboxylic acids is 4. The van der Waals surface area contributed by atoms with Crippen molar-refractivity contribution in [2.45, 2.75) is 90.9 Å². The van der Waals surface area contributed by atoms with Crippen molar-refractivity contribution in [1.82, 2.24) is 0 Å². The SMILES string of the molecule is CC(=O)C(=C=O)CCCCCCCCCCCCC(=C=O)C(C)=O. The van der Waals surface area contributed by atoms with Crippen molar-refractivity contribution in [2.75, 3.05) is 0 Å². The number of carbonyl (C=O) groups is 2. The molecule has 0 unspecified atom stereocenters. The number of ketones is 2. The predicted octanol–water partition coefficient (Wildman–Crippen LogP) is 4.36. The molecule has 4 nitrogen and oxygen atoms in total. The van der Waals surface area contributed by atoms with Crippen molar-refractivity contribution in [3.05, 3.63) is 11.1 Å². The average molecular weight is 334 g/mol. The van der Waals surface area contributed by atoms with Crippen molar-refractivity contribution in [2.24, 2.45) is 0 Å². The molecule has 0 fully saturated rings. The van der Waals surface area contributed by atoms with E-state index in [1.807, 2.05) is 0 Å². The molecule has 0 heterocycles.